The molecule has 14 atom stereocenters. The highest BCUT2D eigenvalue weighted by Gasteiger charge is 2.49. The number of nitrogens with zero attached hydrogens (tertiary/aromatic N) is 1. The molecule has 0 aromatic rings. The molecular formula is C29H56N2O9. The number of rotatable bonds is 6. The number of cyclic esters (lactones) is 1. The summed E-state index contributed by atoms with van der Waals surface area (Å²) in [5.41, 5.74) is -3.22. The molecule has 40 heavy (non-hydrogen) atoms. The first-order valence-electron chi connectivity index (χ1n) is 14.7. The van der Waals surface area contributed by atoms with Gasteiger partial charge in [-0.25, -0.2) is 0 Å². The van der Waals surface area contributed by atoms with Crippen LogP contribution in [-0.4, -0.2) is 123 Å². The average molecular weight is 577 g/mol. The quantitative estimate of drug-likeness (QED) is 0.246. The van der Waals surface area contributed by atoms with Crippen LogP contribution in [0.15, 0.2) is 0 Å². The molecule has 11 nitrogen and oxygen atoms in total. The van der Waals surface area contributed by atoms with Gasteiger partial charge in [0.05, 0.1) is 35.9 Å². The van der Waals surface area contributed by atoms with Crippen molar-refractivity contribution in [3.8, 4) is 0 Å². The Morgan fingerprint density at radius 2 is 1.77 bits per heavy atom. The van der Waals surface area contributed by atoms with E-state index < -0.39 is 71.9 Å². The molecule has 14 unspecified atom stereocenters. The summed E-state index contributed by atoms with van der Waals surface area (Å²) >= 11 is 0. The van der Waals surface area contributed by atoms with Crippen LogP contribution < -0.4 is 5.32 Å². The molecule has 0 bridgehead atoms. The zero-order chi connectivity index (χ0) is 30.7. The van der Waals surface area contributed by atoms with Crippen LogP contribution >= 0.6 is 0 Å². The maximum atomic E-state index is 13.3. The van der Waals surface area contributed by atoms with E-state index in [1.165, 1.54) is 13.8 Å². The van der Waals surface area contributed by atoms with Crippen molar-refractivity contribution in [1.29, 1.82) is 0 Å². The van der Waals surface area contributed by atoms with Crippen LogP contribution in [0.1, 0.15) is 74.7 Å². The maximum absolute atomic E-state index is 13.3. The smallest absolute Gasteiger partial charge is 0.311 e. The second-order valence-electron chi connectivity index (χ2n) is 13.1. The van der Waals surface area contributed by atoms with Crippen LogP contribution in [0.2, 0.25) is 0 Å². The molecule has 2 rings (SSSR count). The van der Waals surface area contributed by atoms with Gasteiger partial charge in [-0.15, -0.1) is 0 Å². The SMILES string of the molecule is CCC(O)C(C)(O)C1OC(=O)C(C)C(O)C(C)C(OC2OC(C)CC(N(C)C)C2O)C(C)(O)CC(C)CNC1C. The minimum absolute atomic E-state index is 0.103. The fraction of sp³-hybridized carbons (Fsp3) is 0.966. The summed E-state index contributed by atoms with van der Waals surface area (Å²) in [6, 6.07) is -0.771. The number of ether oxygens (including phenoxy) is 3. The van der Waals surface area contributed by atoms with Crippen molar-refractivity contribution in [3.05, 3.63) is 0 Å². The van der Waals surface area contributed by atoms with Crippen molar-refractivity contribution in [3.63, 3.8) is 0 Å². The Kier molecular flexibility index (Phi) is 12.4. The molecule has 2 heterocycles. The topological polar surface area (TPSA) is 161 Å². The Morgan fingerprint density at radius 1 is 1.18 bits per heavy atom. The van der Waals surface area contributed by atoms with Crippen molar-refractivity contribution in [2.75, 3.05) is 20.6 Å². The third-order valence-electron chi connectivity index (χ3n) is 8.95. The molecular weight excluding hydrogens is 520 g/mol. The standard InChI is InChI=1S/C29H56N2O9/c1-11-21(32)29(8,37)25-19(6)30-14-15(2)13-28(7,36)24(17(4)22(33)18(5)26(35)39-25)40-27-23(34)20(31(9)10)12-16(3)38-27/h15-25,27,30,32-34,36-37H,11-14H2,1-10H3. The first kappa shape index (κ1) is 35.3. The van der Waals surface area contributed by atoms with Crippen molar-refractivity contribution >= 4 is 5.97 Å². The molecule has 0 aromatic carbocycles. The number of carbonyl (C=O) groups is 1. The van der Waals surface area contributed by atoms with Crippen molar-refractivity contribution in [2.45, 2.75) is 141 Å². The Hall–Kier alpha value is -0.890. The second-order valence-corrected chi connectivity index (χ2v) is 13.1. The molecule has 0 radical (unpaired) electrons. The van der Waals surface area contributed by atoms with Crippen molar-refractivity contribution in [1.82, 2.24) is 10.2 Å². The fourth-order valence-electron chi connectivity index (χ4n) is 6.36. The van der Waals surface area contributed by atoms with Crippen LogP contribution in [0, 0.1) is 17.8 Å². The Balaban J connectivity index is 2.45. The number of nitrogens with one attached hydrogen (secondary N) is 1. The molecule has 2 fully saturated rings. The predicted octanol–water partition coefficient (Wildman–Crippen LogP) is 0.633. The largest absolute Gasteiger partial charge is 0.457 e. The molecule has 2 aliphatic rings. The Labute approximate surface area is 240 Å². The van der Waals surface area contributed by atoms with Gasteiger partial charge in [0.2, 0.25) is 0 Å². The lowest BCUT2D eigenvalue weighted by Crippen LogP contribution is -2.59. The molecule has 0 amide bonds. The summed E-state index contributed by atoms with van der Waals surface area (Å²) in [5.74, 6) is -2.68. The second kappa shape index (κ2) is 14.1. The molecule has 2 aliphatic heterocycles. The lowest BCUT2D eigenvalue weighted by atomic mass is 9.78. The number of carbonyl (C=O) groups excluding carboxylic acids is 1. The van der Waals surface area contributed by atoms with Gasteiger partial charge in [0.1, 0.15) is 17.8 Å². The van der Waals surface area contributed by atoms with E-state index >= 15 is 0 Å². The van der Waals surface area contributed by atoms with Crippen LogP contribution in [0.4, 0.5) is 0 Å². The third kappa shape index (κ3) is 8.14. The normalized spacial score (nSPS) is 45.0. The monoisotopic (exact) mass is 576 g/mol. The van der Waals surface area contributed by atoms with Gasteiger partial charge < -0.3 is 50.0 Å². The molecule has 0 spiro atoms. The fourth-order valence-corrected chi connectivity index (χ4v) is 6.36. The summed E-state index contributed by atoms with van der Waals surface area (Å²) in [5, 5.41) is 59.4. The van der Waals surface area contributed by atoms with Gasteiger partial charge >= 0.3 is 5.97 Å². The number of aliphatic hydroxyl groups excluding tert-OH is 3. The molecule has 11 heteroatoms. The average Bonchev–Trinajstić information content (AvgIpc) is 2.87. The lowest BCUT2D eigenvalue weighted by Gasteiger charge is -2.46. The highest BCUT2D eigenvalue weighted by Crippen LogP contribution is 2.36. The lowest BCUT2D eigenvalue weighted by molar-refractivity contribution is -0.299. The maximum Gasteiger partial charge on any atom is 0.311 e. The molecule has 6 N–H and O–H groups in total. The van der Waals surface area contributed by atoms with E-state index in [0.717, 1.165) is 0 Å². The molecule has 0 aromatic heterocycles. The third-order valence-corrected chi connectivity index (χ3v) is 8.95. The molecule has 0 aliphatic carbocycles. The number of aliphatic hydroxyl groups is 5. The van der Waals surface area contributed by atoms with Gasteiger partial charge in [-0.3, -0.25) is 4.79 Å². The summed E-state index contributed by atoms with van der Waals surface area (Å²) in [6.07, 6.45) is -5.67. The summed E-state index contributed by atoms with van der Waals surface area (Å²) < 4.78 is 18.1. The zero-order valence-corrected chi connectivity index (χ0v) is 26.1. The number of hydrogen-bond donors (Lipinski definition) is 6. The van der Waals surface area contributed by atoms with Crippen LogP contribution in [0.3, 0.4) is 0 Å². The van der Waals surface area contributed by atoms with E-state index in [9.17, 15) is 30.3 Å². The van der Waals surface area contributed by atoms with E-state index in [-0.39, 0.29) is 30.9 Å². The zero-order valence-electron chi connectivity index (χ0n) is 26.1. The van der Waals surface area contributed by atoms with Gasteiger partial charge in [0, 0.05) is 18.0 Å². The van der Waals surface area contributed by atoms with Gasteiger partial charge in [0.15, 0.2) is 6.29 Å². The van der Waals surface area contributed by atoms with E-state index in [1.54, 1.807) is 27.7 Å². The Morgan fingerprint density at radius 3 is 2.33 bits per heavy atom. The highest BCUT2D eigenvalue weighted by atomic mass is 16.7. The predicted molar refractivity (Wildman–Crippen MR) is 150 cm³/mol. The van der Waals surface area contributed by atoms with Gasteiger partial charge in [-0.1, -0.05) is 20.8 Å². The van der Waals surface area contributed by atoms with E-state index in [1.807, 2.05) is 32.8 Å². The van der Waals surface area contributed by atoms with E-state index in [0.29, 0.717) is 13.0 Å². The molecule has 2 saturated heterocycles. The summed E-state index contributed by atoms with van der Waals surface area (Å²) in [4.78, 5) is 15.3. The number of hydrogen-bond acceptors (Lipinski definition) is 11. The van der Waals surface area contributed by atoms with Gasteiger partial charge in [-0.2, -0.15) is 0 Å². The summed E-state index contributed by atoms with van der Waals surface area (Å²) in [7, 11) is 3.75. The first-order chi connectivity index (χ1) is 18.3. The van der Waals surface area contributed by atoms with Gasteiger partial charge in [-0.05, 0) is 80.4 Å². The van der Waals surface area contributed by atoms with Gasteiger partial charge in [0.25, 0.3) is 0 Å². The molecule has 236 valence electrons. The van der Waals surface area contributed by atoms with Crippen LogP contribution in [0.25, 0.3) is 0 Å². The van der Waals surface area contributed by atoms with Crippen LogP contribution in [0.5, 0.6) is 0 Å². The first-order valence-corrected chi connectivity index (χ1v) is 14.7. The van der Waals surface area contributed by atoms with E-state index in [2.05, 4.69) is 5.32 Å². The number of esters is 1. The Bertz CT molecular complexity index is 810. The van der Waals surface area contributed by atoms with Crippen molar-refractivity contribution in [2.24, 2.45) is 17.8 Å². The number of likely N-dealkylation sites (N-methyl/N-ethyl adjacent to an activating group) is 1. The van der Waals surface area contributed by atoms with Crippen molar-refractivity contribution < 1.29 is 44.5 Å². The highest BCUT2D eigenvalue weighted by molar-refractivity contribution is 5.73. The van der Waals surface area contributed by atoms with Crippen LogP contribution in [-0.2, 0) is 19.0 Å². The minimum Gasteiger partial charge on any atom is -0.457 e. The molecule has 0 saturated carbocycles. The van der Waals surface area contributed by atoms with E-state index in [4.69, 9.17) is 14.2 Å². The minimum atomic E-state index is -1.75. The summed E-state index contributed by atoms with van der Waals surface area (Å²) in [6.45, 7) is 14.0.